The minimum atomic E-state index is -0.0551. The normalized spacial score (nSPS) is 16.7. The van der Waals surface area contributed by atoms with Gasteiger partial charge in [0.1, 0.15) is 10.1 Å². The summed E-state index contributed by atoms with van der Waals surface area (Å²) in [5.74, 6) is 1.41. The maximum absolute atomic E-state index is 12.6. The van der Waals surface area contributed by atoms with Crippen LogP contribution >= 0.6 is 35.7 Å². The molecule has 4 nitrogen and oxygen atoms in total. The van der Waals surface area contributed by atoms with Crippen LogP contribution in [0.5, 0.6) is 11.5 Å². The van der Waals surface area contributed by atoms with Gasteiger partial charge >= 0.3 is 0 Å². The fraction of sp³-hybridized carbons (Fsp3) is 0.0800. The lowest BCUT2D eigenvalue weighted by molar-refractivity contribution is -0.122. The molecule has 0 radical (unpaired) electrons. The molecule has 7 heteroatoms. The molecule has 0 N–H and O–H groups in total. The monoisotopic (exact) mass is 474 g/mol. The van der Waals surface area contributed by atoms with Gasteiger partial charge in [-0.1, -0.05) is 66.1 Å². The Morgan fingerprint density at radius 1 is 1.00 bits per heavy atom. The Morgan fingerprint density at radius 3 is 2.56 bits per heavy atom. The largest absolute Gasteiger partial charge is 0.455 e. The number of carbonyl (C=O) groups excluding carboxylic acids is 1. The van der Waals surface area contributed by atoms with Gasteiger partial charge in [-0.05, 0) is 55.5 Å². The first kappa shape index (κ1) is 21.0. The van der Waals surface area contributed by atoms with Gasteiger partial charge in [0.05, 0.1) is 20.8 Å². The van der Waals surface area contributed by atoms with Gasteiger partial charge in [-0.2, -0.15) is 0 Å². The molecule has 2 heterocycles. The Kier molecular flexibility index (Phi) is 5.87. The Labute approximate surface area is 199 Å². The van der Waals surface area contributed by atoms with Gasteiger partial charge < -0.3 is 4.74 Å². The fourth-order valence-electron chi connectivity index (χ4n) is 3.42. The van der Waals surface area contributed by atoms with Crippen molar-refractivity contribution >= 4 is 57.7 Å². The molecule has 0 atom stereocenters. The van der Waals surface area contributed by atoms with E-state index in [1.54, 1.807) is 16.7 Å². The zero-order chi connectivity index (χ0) is 22.1. The highest BCUT2D eigenvalue weighted by Gasteiger charge is 2.30. The summed E-state index contributed by atoms with van der Waals surface area (Å²) >= 11 is 8.30. The lowest BCUT2D eigenvalue weighted by Gasteiger charge is -2.16. The minimum absolute atomic E-state index is 0.0551. The number of benzene rings is 3. The molecule has 0 bridgehead atoms. The molecule has 0 spiro atoms. The predicted octanol–water partition coefficient (Wildman–Crippen LogP) is 5.44. The number of para-hydroxylation sites is 2. The summed E-state index contributed by atoms with van der Waals surface area (Å²) in [7, 11) is 0. The van der Waals surface area contributed by atoms with Gasteiger partial charge in [-0.15, -0.1) is 0 Å². The molecule has 1 saturated heterocycles. The molecule has 2 aliphatic rings. The van der Waals surface area contributed by atoms with Gasteiger partial charge in [0.25, 0.3) is 5.91 Å². The Hall–Kier alpha value is -2.87. The van der Waals surface area contributed by atoms with Crippen LogP contribution in [0.25, 0.3) is 6.08 Å². The van der Waals surface area contributed by atoms with E-state index in [4.69, 9.17) is 21.9 Å². The molecule has 0 unspecified atom stereocenters. The van der Waals surface area contributed by atoms with Gasteiger partial charge in [0, 0.05) is 16.7 Å². The quantitative estimate of drug-likeness (QED) is 0.291. The highest BCUT2D eigenvalue weighted by molar-refractivity contribution is 8.26. The number of hydrogen-bond donors (Lipinski definition) is 0. The first-order valence-corrected chi connectivity index (χ1v) is 12.2. The van der Waals surface area contributed by atoms with E-state index in [0.717, 1.165) is 37.6 Å². The summed E-state index contributed by atoms with van der Waals surface area (Å²) in [5.41, 5.74) is 0.954. The number of nitrogens with zero attached hydrogens (tertiary/aromatic N) is 2. The molecule has 1 amide bonds. The summed E-state index contributed by atoms with van der Waals surface area (Å²) in [6.45, 7) is 2.49. The van der Waals surface area contributed by atoms with E-state index >= 15 is 0 Å². The molecule has 0 aromatic heterocycles. The zero-order valence-corrected chi connectivity index (χ0v) is 19.6. The molecule has 5 rings (SSSR count). The SMILES string of the molecule is CCN1C(=O)/C(=C/C=c2\ccc3c(c2Oc2ccccc2)Sc2ccccc2N=3)SC1=S. The molecule has 2 aliphatic heterocycles. The molecule has 0 aliphatic carbocycles. The summed E-state index contributed by atoms with van der Waals surface area (Å²) in [4.78, 5) is 21.7. The van der Waals surface area contributed by atoms with Crippen LogP contribution in [0.4, 0.5) is 5.69 Å². The third-order valence-electron chi connectivity index (χ3n) is 5.01. The fourth-order valence-corrected chi connectivity index (χ4v) is 5.81. The first-order valence-electron chi connectivity index (χ1n) is 10.1. The number of rotatable bonds is 4. The van der Waals surface area contributed by atoms with Crippen LogP contribution in [0.15, 0.2) is 92.5 Å². The zero-order valence-electron chi connectivity index (χ0n) is 17.1. The third-order valence-corrected chi connectivity index (χ3v) is 7.57. The summed E-state index contributed by atoms with van der Waals surface area (Å²) in [6, 6.07) is 21.7. The van der Waals surface area contributed by atoms with E-state index in [2.05, 4.69) is 6.07 Å². The number of carbonyl (C=O) groups is 1. The average Bonchev–Trinajstić information content (AvgIpc) is 3.10. The topological polar surface area (TPSA) is 41.9 Å². The smallest absolute Gasteiger partial charge is 0.266 e. The molecular formula is C25H18N2O2S3. The third kappa shape index (κ3) is 3.99. The van der Waals surface area contributed by atoms with E-state index in [1.165, 1.54) is 11.8 Å². The first-order chi connectivity index (χ1) is 15.6. The van der Waals surface area contributed by atoms with E-state index in [0.29, 0.717) is 15.8 Å². The molecule has 32 heavy (non-hydrogen) atoms. The number of likely N-dealkylation sites (N-methyl/N-ethyl adjacent to an activating group) is 1. The molecule has 1 fully saturated rings. The predicted molar refractivity (Wildman–Crippen MR) is 134 cm³/mol. The molecular weight excluding hydrogens is 456 g/mol. The number of fused-ring (bicyclic) bond motifs is 2. The number of hydrogen-bond acceptors (Lipinski definition) is 6. The second-order valence-electron chi connectivity index (χ2n) is 7.04. The lowest BCUT2D eigenvalue weighted by Crippen LogP contribution is -2.27. The van der Waals surface area contributed by atoms with Gasteiger partial charge in [-0.25, -0.2) is 4.99 Å². The van der Waals surface area contributed by atoms with E-state index in [1.807, 2.05) is 79.7 Å². The second kappa shape index (κ2) is 8.94. The number of ether oxygens (including phenoxy) is 1. The number of amides is 1. The summed E-state index contributed by atoms with van der Waals surface area (Å²) in [6.07, 6.45) is 3.74. The molecule has 3 aromatic rings. The van der Waals surface area contributed by atoms with Crippen LogP contribution in [0, 0.1) is 0 Å². The van der Waals surface area contributed by atoms with E-state index in [-0.39, 0.29) is 5.91 Å². The van der Waals surface area contributed by atoms with Gasteiger partial charge in [0.15, 0.2) is 5.75 Å². The highest BCUT2D eigenvalue weighted by Crippen LogP contribution is 2.40. The van der Waals surface area contributed by atoms with Crippen LogP contribution in [0.1, 0.15) is 6.92 Å². The van der Waals surface area contributed by atoms with E-state index in [9.17, 15) is 4.79 Å². The van der Waals surface area contributed by atoms with Crippen molar-refractivity contribution in [1.82, 2.24) is 4.90 Å². The van der Waals surface area contributed by atoms with Crippen molar-refractivity contribution in [2.45, 2.75) is 16.7 Å². The number of thiocarbonyl (C=S) groups is 1. The Bertz CT molecular complexity index is 1380. The van der Waals surface area contributed by atoms with Crippen molar-refractivity contribution in [3.05, 3.63) is 88.3 Å². The standard InChI is InChI=1S/C25H18N2O2S3/c1-2-27-24(28)21(32-25(27)30)15-13-16-12-14-19-23(22(16)29-17-8-4-3-5-9-17)31-20-11-7-6-10-18(20)26-19/h3-15H,2H2,1H3/b16-13+,21-15-. The van der Waals surface area contributed by atoms with Gasteiger partial charge in [-0.3, -0.25) is 9.69 Å². The molecule has 3 aromatic carbocycles. The van der Waals surface area contributed by atoms with Crippen LogP contribution in [0.2, 0.25) is 0 Å². The molecule has 0 saturated carbocycles. The Morgan fingerprint density at radius 2 is 1.78 bits per heavy atom. The Balaban J connectivity index is 1.64. The van der Waals surface area contributed by atoms with Crippen LogP contribution < -0.4 is 15.3 Å². The van der Waals surface area contributed by atoms with Crippen molar-refractivity contribution < 1.29 is 9.53 Å². The van der Waals surface area contributed by atoms with Crippen molar-refractivity contribution in [2.75, 3.05) is 6.54 Å². The average molecular weight is 475 g/mol. The maximum Gasteiger partial charge on any atom is 0.266 e. The summed E-state index contributed by atoms with van der Waals surface area (Å²) in [5, 5.41) is 1.74. The lowest BCUT2D eigenvalue weighted by atomic mass is 10.2. The highest BCUT2D eigenvalue weighted by atomic mass is 32.2. The van der Waals surface area contributed by atoms with Crippen LogP contribution in [0.3, 0.4) is 0 Å². The van der Waals surface area contributed by atoms with Crippen LogP contribution in [-0.4, -0.2) is 21.7 Å². The summed E-state index contributed by atoms with van der Waals surface area (Å²) < 4.78 is 6.95. The van der Waals surface area contributed by atoms with Crippen molar-refractivity contribution in [3.63, 3.8) is 0 Å². The van der Waals surface area contributed by atoms with Crippen molar-refractivity contribution in [1.29, 1.82) is 0 Å². The van der Waals surface area contributed by atoms with E-state index < -0.39 is 0 Å². The number of allylic oxidation sites excluding steroid dienone is 1. The van der Waals surface area contributed by atoms with Crippen LogP contribution in [-0.2, 0) is 4.79 Å². The minimum Gasteiger partial charge on any atom is -0.455 e. The van der Waals surface area contributed by atoms with Crippen molar-refractivity contribution in [3.8, 4) is 11.5 Å². The maximum atomic E-state index is 12.6. The number of thioether (sulfide) groups is 1. The molecule has 158 valence electrons. The van der Waals surface area contributed by atoms with Crippen molar-refractivity contribution in [2.24, 2.45) is 4.99 Å². The second-order valence-corrected chi connectivity index (χ2v) is 9.77. The van der Waals surface area contributed by atoms with Gasteiger partial charge in [0.2, 0.25) is 0 Å².